The minimum absolute atomic E-state index is 0.0494. The molecule has 1 aliphatic heterocycles. The maximum atomic E-state index is 12.7. The van der Waals surface area contributed by atoms with Crippen LogP contribution in [0.2, 0.25) is 0 Å². The molecule has 196 valence electrons. The van der Waals surface area contributed by atoms with E-state index in [4.69, 9.17) is 4.74 Å². The zero-order valence-electron chi connectivity index (χ0n) is 21.9. The number of ether oxygens (including phenoxy) is 1. The first-order valence-electron chi connectivity index (χ1n) is 12.2. The average Bonchev–Trinajstić information content (AvgIpc) is 3.18. The smallest absolute Gasteiger partial charge is 0.328 e. The Kier molecular flexibility index (Phi) is 9.22. The average molecular weight is 532 g/mol. The van der Waals surface area contributed by atoms with Crippen LogP contribution in [0.4, 0.5) is 0 Å². The first kappa shape index (κ1) is 28.2. The Morgan fingerprint density at radius 3 is 2.44 bits per heavy atom. The molecule has 3 N–H and O–H groups in total. The van der Waals surface area contributed by atoms with Gasteiger partial charge in [0.2, 0.25) is 11.8 Å². The number of aromatic nitrogens is 1. The molecule has 2 aromatic rings. The molecule has 1 saturated heterocycles. The van der Waals surface area contributed by atoms with E-state index in [-0.39, 0.29) is 21.8 Å². The van der Waals surface area contributed by atoms with Crippen LogP contribution in [0, 0.1) is 5.41 Å². The number of esters is 1. The summed E-state index contributed by atoms with van der Waals surface area (Å²) in [7, 11) is 1.30. The van der Waals surface area contributed by atoms with Crippen LogP contribution in [0.1, 0.15) is 52.3 Å². The summed E-state index contributed by atoms with van der Waals surface area (Å²) in [5.41, 5.74) is 2.85. The van der Waals surface area contributed by atoms with Crippen LogP contribution in [0.25, 0.3) is 17.0 Å². The zero-order chi connectivity index (χ0) is 26.5. The SMILES string of the molecule is COC(=O)[C@H](Cc1c(/C=C/C2(C(C)(C)C)SCCCS2)[nH]c2ccccc12)NC(=O)[C@H](C)NC(C)=O. The summed E-state index contributed by atoms with van der Waals surface area (Å²) in [6, 6.07) is 6.27. The molecule has 0 bridgehead atoms. The van der Waals surface area contributed by atoms with Gasteiger partial charge in [-0.3, -0.25) is 9.59 Å². The largest absolute Gasteiger partial charge is 0.467 e. The lowest BCUT2D eigenvalue weighted by molar-refractivity contribution is -0.145. The fraction of sp³-hybridized carbons (Fsp3) is 0.519. The Bertz CT molecular complexity index is 1130. The number of fused-ring (bicyclic) bond motifs is 1. The van der Waals surface area contributed by atoms with Crippen molar-refractivity contribution in [2.24, 2.45) is 5.41 Å². The van der Waals surface area contributed by atoms with E-state index >= 15 is 0 Å². The Labute approximate surface area is 222 Å². The molecule has 9 heteroatoms. The number of hydrogen-bond donors (Lipinski definition) is 3. The van der Waals surface area contributed by atoms with Crippen LogP contribution in [0.5, 0.6) is 0 Å². The standard InChI is InChI=1S/C27H37N3O4S2/c1-17(28-18(2)31)24(32)30-23(25(33)34-6)16-20-19-10-7-8-11-21(19)29-22(20)12-13-27(26(3,4)5)35-14-9-15-36-27/h7-8,10-13,17,23,29H,9,14-16H2,1-6H3,(H,28,31)(H,30,32)/b13-12+/t17-,23-/m0/s1. The molecule has 1 aromatic heterocycles. The van der Waals surface area contributed by atoms with Crippen molar-refractivity contribution in [3.05, 3.63) is 41.6 Å². The number of H-pyrrole nitrogens is 1. The normalized spacial score (nSPS) is 17.5. The number of carbonyl (C=O) groups is 3. The number of aromatic amines is 1. The second-order valence-electron chi connectivity index (χ2n) is 10.1. The van der Waals surface area contributed by atoms with E-state index in [1.807, 2.05) is 47.8 Å². The number of nitrogens with one attached hydrogen (secondary N) is 3. The fourth-order valence-electron chi connectivity index (χ4n) is 4.31. The Balaban J connectivity index is 1.98. The molecule has 1 aliphatic rings. The number of benzene rings is 1. The van der Waals surface area contributed by atoms with E-state index in [0.717, 1.165) is 33.7 Å². The highest BCUT2D eigenvalue weighted by molar-refractivity contribution is 8.19. The molecular weight excluding hydrogens is 494 g/mol. The highest BCUT2D eigenvalue weighted by Gasteiger charge is 2.42. The number of rotatable bonds is 8. The number of amides is 2. The summed E-state index contributed by atoms with van der Waals surface area (Å²) in [6.07, 6.45) is 5.87. The lowest BCUT2D eigenvalue weighted by Crippen LogP contribution is -2.51. The van der Waals surface area contributed by atoms with Crippen molar-refractivity contribution in [2.75, 3.05) is 18.6 Å². The van der Waals surface area contributed by atoms with Crippen molar-refractivity contribution in [2.45, 2.75) is 63.6 Å². The van der Waals surface area contributed by atoms with Crippen LogP contribution in [-0.4, -0.2) is 57.5 Å². The van der Waals surface area contributed by atoms with Gasteiger partial charge >= 0.3 is 5.97 Å². The molecular formula is C27H37N3O4S2. The monoisotopic (exact) mass is 531 g/mol. The number of para-hydroxylation sites is 1. The molecule has 7 nitrogen and oxygen atoms in total. The van der Waals surface area contributed by atoms with Crippen LogP contribution < -0.4 is 10.6 Å². The molecule has 0 radical (unpaired) electrons. The third kappa shape index (κ3) is 6.48. The summed E-state index contributed by atoms with van der Waals surface area (Å²) < 4.78 is 4.95. The number of thioether (sulfide) groups is 2. The minimum atomic E-state index is -0.903. The van der Waals surface area contributed by atoms with E-state index < -0.39 is 24.0 Å². The predicted octanol–water partition coefficient (Wildman–Crippen LogP) is 4.52. The van der Waals surface area contributed by atoms with Crippen LogP contribution in [-0.2, 0) is 25.5 Å². The number of methoxy groups -OCH3 is 1. The predicted molar refractivity (Wildman–Crippen MR) is 150 cm³/mol. The molecule has 1 fully saturated rings. The lowest BCUT2D eigenvalue weighted by atomic mass is 9.90. The highest BCUT2D eigenvalue weighted by Crippen LogP contribution is 2.54. The van der Waals surface area contributed by atoms with Gasteiger partial charge < -0.3 is 20.4 Å². The third-order valence-corrected chi connectivity index (χ3v) is 10.4. The van der Waals surface area contributed by atoms with Crippen molar-refractivity contribution in [3.63, 3.8) is 0 Å². The van der Waals surface area contributed by atoms with Gasteiger partial charge in [-0.1, -0.05) is 45.0 Å². The first-order valence-corrected chi connectivity index (χ1v) is 14.2. The topological polar surface area (TPSA) is 100 Å². The van der Waals surface area contributed by atoms with Crippen molar-refractivity contribution >= 4 is 58.3 Å². The molecule has 36 heavy (non-hydrogen) atoms. The Hall–Kier alpha value is -2.39. The van der Waals surface area contributed by atoms with E-state index in [2.05, 4.69) is 48.5 Å². The molecule has 2 heterocycles. The van der Waals surface area contributed by atoms with Gasteiger partial charge in [-0.15, -0.1) is 23.5 Å². The molecule has 0 spiro atoms. The van der Waals surface area contributed by atoms with E-state index in [0.29, 0.717) is 0 Å². The molecule has 2 atom stereocenters. The fourth-order valence-corrected chi connectivity index (χ4v) is 7.70. The molecule has 1 aromatic carbocycles. The quantitative estimate of drug-likeness (QED) is 0.433. The zero-order valence-corrected chi connectivity index (χ0v) is 23.5. The van der Waals surface area contributed by atoms with Gasteiger partial charge in [-0.2, -0.15) is 0 Å². The minimum Gasteiger partial charge on any atom is -0.467 e. The molecule has 0 saturated carbocycles. The van der Waals surface area contributed by atoms with Gasteiger partial charge in [0.15, 0.2) is 0 Å². The molecule has 0 unspecified atom stereocenters. The summed E-state index contributed by atoms with van der Waals surface area (Å²) in [6.45, 7) is 9.74. The molecule has 0 aliphatic carbocycles. The van der Waals surface area contributed by atoms with Gasteiger partial charge in [0, 0.05) is 29.9 Å². The molecule has 3 rings (SSSR count). The molecule has 2 amide bonds. The summed E-state index contributed by atoms with van der Waals surface area (Å²) >= 11 is 3.97. The second kappa shape index (κ2) is 11.8. The van der Waals surface area contributed by atoms with Crippen molar-refractivity contribution in [3.8, 4) is 0 Å². The maximum absolute atomic E-state index is 12.7. The second-order valence-corrected chi connectivity index (χ2v) is 13.0. The maximum Gasteiger partial charge on any atom is 0.328 e. The third-order valence-electron chi connectivity index (χ3n) is 6.31. The van der Waals surface area contributed by atoms with Gasteiger partial charge in [0.25, 0.3) is 0 Å². The van der Waals surface area contributed by atoms with E-state index in [1.165, 1.54) is 20.5 Å². The van der Waals surface area contributed by atoms with Crippen LogP contribution in [0.3, 0.4) is 0 Å². The first-order chi connectivity index (χ1) is 17.0. The highest BCUT2D eigenvalue weighted by atomic mass is 32.2. The van der Waals surface area contributed by atoms with Crippen molar-refractivity contribution in [1.82, 2.24) is 15.6 Å². The van der Waals surface area contributed by atoms with Gasteiger partial charge in [0.05, 0.1) is 11.2 Å². The van der Waals surface area contributed by atoms with E-state index in [1.54, 1.807) is 6.92 Å². The lowest BCUT2D eigenvalue weighted by Gasteiger charge is -2.44. The Morgan fingerprint density at radius 2 is 1.83 bits per heavy atom. The van der Waals surface area contributed by atoms with Gasteiger partial charge in [-0.05, 0) is 48.0 Å². The summed E-state index contributed by atoms with van der Waals surface area (Å²) in [5, 5.41) is 6.31. The number of carbonyl (C=O) groups excluding carboxylic acids is 3. The van der Waals surface area contributed by atoms with Crippen molar-refractivity contribution in [1.29, 1.82) is 0 Å². The summed E-state index contributed by atoms with van der Waals surface area (Å²) in [5.74, 6) is 0.943. The Morgan fingerprint density at radius 1 is 1.17 bits per heavy atom. The van der Waals surface area contributed by atoms with Gasteiger partial charge in [0.1, 0.15) is 12.1 Å². The van der Waals surface area contributed by atoms with Gasteiger partial charge in [-0.25, -0.2) is 4.79 Å². The van der Waals surface area contributed by atoms with E-state index in [9.17, 15) is 14.4 Å². The van der Waals surface area contributed by atoms with Crippen LogP contribution >= 0.6 is 23.5 Å². The number of hydrogen-bond acceptors (Lipinski definition) is 6. The summed E-state index contributed by atoms with van der Waals surface area (Å²) in [4.78, 5) is 40.3. The van der Waals surface area contributed by atoms with Crippen LogP contribution in [0.15, 0.2) is 30.3 Å². The van der Waals surface area contributed by atoms with Crippen molar-refractivity contribution < 1.29 is 19.1 Å².